The van der Waals surface area contributed by atoms with E-state index >= 15 is 0 Å². The number of anilines is 1. The third kappa shape index (κ3) is 4.56. The normalized spacial score (nSPS) is 11.1. The van der Waals surface area contributed by atoms with E-state index in [2.05, 4.69) is 10.6 Å². The summed E-state index contributed by atoms with van der Waals surface area (Å²) in [6.07, 6.45) is 1.55. The summed E-state index contributed by atoms with van der Waals surface area (Å²) in [5.74, 6) is -0.251. The van der Waals surface area contributed by atoms with Crippen LogP contribution in [0.3, 0.4) is 0 Å². The molecule has 0 aliphatic carbocycles. The molecule has 0 bridgehead atoms. The minimum atomic E-state index is -0.336. The van der Waals surface area contributed by atoms with Gasteiger partial charge in [0.05, 0.1) is 19.4 Å². The molecule has 2 amide bonds. The van der Waals surface area contributed by atoms with Crippen LogP contribution in [-0.4, -0.2) is 16.4 Å². The second kappa shape index (κ2) is 9.09. The van der Waals surface area contributed by atoms with Gasteiger partial charge in [0, 0.05) is 28.1 Å². The van der Waals surface area contributed by atoms with Crippen LogP contribution in [0.4, 0.5) is 10.1 Å². The Morgan fingerprint density at radius 1 is 1.06 bits per heavy atom. The van der Waals surface area contributed by atoms with Gasteiger partial charge in [-0.1, -0.05) is 32.0 Å². The van der Waals surface area contributed by atoms with Crippen molar-refractivity contribution in [2.24, 2.45) is 5.92 Å². The van der Waals surface area contributed by atoms with E-state index < -0.39 is 0 Å². The van der Waals surface area contributed by atoms with Crippen LogP contribution in [0.1, 0.15) is 35.7 Å². The largest absolute Gasteiger partial charge is 0.467 e. The molecular weight excluding hydrogens is 409 g/mol. The molecule has 0 atom stereocenters. The lowest BCUT2D eigenvalue weighted by Gasteiger charge is -2.12. The van der Waals surface area contributed by atoms with Gasteiger partial charge in [-0.05, 0) is 42.5 Å². The molecule has 0 fully saturated rings. The molecule has 32 heavy (non-hydrogen) atoms. The van der Waals surface area contributed by atoms with Crippen LogP contribution in [-0.2, 0) is 17.9 Å². The third-order valence-electron chi connectivity index (χ3n) is 5.22. The first-order valence-corrected chi connectivity index (χ1v) is 10.4. The quantitative estimate of drug-likeness (QED) is 0.433. The zero-order chi connectivity index (χ0) is 22.7. The number of furan rings is 1. The molecule has 2 N–H and O–H groups in total. The molecule has 0 unspecified atom stereocenters. The molecule has 164 valence electrons. The number of halogens is 1. The fraction of sp³-hybridized carbons (Fsp3) is 0.200. The fourth-order valence-electron chi connectivity index (χ4n) is 3.46. The van der Waals surface area contributed by atoms with Crippen molar-refractivity contribution >= 4 is 28.4 Å². The Kier molecular flexibility index (Phi) is 6.07. The van der Waals surface area contributed by atoms with Crippen LogP contribution in [0.25, 0.3) is 10.9 Å². The number of hydrogen-bond acceptors (Lipinski definition) is 3. The Labute approximate surface area is 185 Å². The highest BCUT2D eigenvalue weighted by Crippen LogP contribution is 2.26. The van der Waals surface area contributed by atoms with E-state index in [4.69, 9.17) is 4.42 Å². The second-order valence-electron chi connectivity index (χ2n) is 7.89. The summed E-state index contributed by atoms with van der Waals surface area (Å²) in [6.45, 7) is 4.07. The first-order chi connectivity index (χ1) is 15.4. The summed E-state index contributed by atoms with van der Waals surface area (Å²) in [7, 11) is 0. The average Bonchev–Trinajstić information content (AvgIpc) is 3.41. The molecule has 0 saturated carbocycles. The van der Waals surface area contributed by atoms with Crippen LogP contribution < -0.4 is 10.6 Å². The molecule has 7 heteroatoms. The minimum Gasteiger partial charge on any atom is -0.467 e. The number of carbonyl (C=O) groups excluding carboxylic acids is 2. The van der Waals surface area contributed by atoms with Gasteiger partial charge >= 0.3 is 0 Å². The maximum absolute atomic E-state index is 14.4. The van der Waals surface area contributed by atoms with Gasteiger partial charge in [0.2, 0.25) is 5.91 Å². The van der Waals surface area contributed by atoms with E-state index in [1.807, 2.05) is 26.0 Å². The van der Waals surface area contributed by atoms with Gasteiger partial charge in [-0.15, -0.1) is 0 Å². The summed E-state index contributed by atoms with van der Waals surface area (Å²) < 4.78 is 21.4. The van der Waals surface area contributed by atoms with Gasteiger partial charge < -0.3 is 19.6 Å². The molecule has 6 nitrogen and oxygen atoms in total. The number of hydrogen-bond donors (Lipinski definition) is 2. The summed E-state index contributed by atoms with van der Waals surface area (Å²) >= 11 is 0. The van der Waals surface area contributed by atoms with Crippen molar-refractivity contribution < 1.29 is 18.4 Å². The van der Waals surface area contributed by atoms with Crippen molar-refractivity contribution in [3.63, 3.8) is 0 Å². The van der Waals surface area contributed by atoms with Gasteiger partial charge in [-0.3, -0.25) is 9.59 Å². The van der Waals surface area contributed by atoms with Crippen LogP contribution in [0, 0.1) is 11.7 Å². The molecule has 2 aromatic carbocycles. The standard InChI is InChI=1S/C25H24FN3O3/c1-16(2)24(30)28-19-9-10-22-18(12-19)13-23(25(31)27-14-20-7-5-11-32-20)29(22)15-17-6-3-4-8-21(17)26/h3-13,16H,14-15H2,1-2H3,(H,27,31)(H,28,30). The topological polar surface area (TPSA) is 76.3 Å². The van der Waals surface area contributed by atoms with E-state index in [0.29, 0.717) is 22.7 Å². The molecule has 4 rings (SSSR count). The van der Waals surface area contributed by atoms with E-state index in [9.17, 15) is 14.0 Å². The van der Waals surface area contributed by atoms with Crippen molar-refractivity contribution in [2.45, 2.75) is 26.9 Å². The highest BCUT2D eigenvalue weighted by molar-refractivity contribution is 6.00. The Hall–Kier alpha value is -3.87. The van der Waals surface area contributed by atoms with E-state index in [1.165, 1.54) is 6.07 Å². The Morgan fingerprint density at radius 3 is 2.59 bits per heavy atom. The summed E-state index contributed by atoms with van der Waals surface area (Å²) in [6, 6.07) is 17.2. The number of nitrogens with zero attached hydrogens (tertiary/aromatic N) is 1. The summed E-state index contributed by atoms with van der Waals surface area (Å²) in [5.41, 5.74) is 2.27. The van der Waals surface area contributed by atoms with Crippen molar-refractivity contribution in [2.75, 3.05) is 5.32 Å². The Morgan fingerprint density at radius 2 is 1.88 bits per heavy atom. The number of rotatable bonds is 7. The minimum absolute atomic E-state index is 0.0912. The Balaban J connectivity index is 1.70. The second-order valence-corrected chi connectivity index (χ2v) is 7.89. The highest BCUT2D eigenvalue weighted by atomic mass is 19.1. The van der Waals surface area contributed by atoms with Crippen molar-refractivity contribution in [1.82, 2.24) is 9.88 Å². The molecule has 0 aliphatic rings. The molecule has 2 heterocycles. The van der Waals surface area contributed by atoms with Gasteiger partial charge in [0.25, 0.3) is 5.91 Å². The third-order valence-corrected chi connectivity index (χ3v) is 5.22. The average molecular weight is 433 g/mol. The Bertz CT molecular complexity index is 1260. The number of carbonyl (C=O) groups is 2. The van der Waals surface area contributed by atoms with E-state index in [1.54, 1.807) is 53.3 Å². The highest BCUT2D eigenvalue weighted by Gasteiger charge is 2.18. The smallest absolute Gasteiger partial charge is 0.268 e. The van der Waals surface area contributed by atoms with Gasteiger partial charge in [-0.25, -0.2) is 4.39 Å². The van der Waals surface area contributed by atoms with Crippen LogP contribution in [0.15, 0.2) is 71.3 Å². The molecule has 0 radical (unpaired) electrons. The molecule has 0 spiro atoms. The first-order valence-electron chi connectivity index (χ1n) is 10.4. The SMILES string of the molecule is CC(C)C(=O)Nc1ccc2c(c1)cc(C(=O)NCc1ccco1)n2Cc1ccccc1F. The van der Waals surface area contributed by atoms with Crippen molar-refractivity contribution in [1.29, 1.82) is 0 Å². The monoisotopic (exact) mass is 433 g/mol. The maximum Gasteiger partial charge on any atom is 0.268 e. The van der Waals surface area contributed by atoms with Crippen LogP contribution in [0.5, 0.6) is 0 Å². The van der Waals surface area contributed by atoms with Gasteiger partial charge in [0.15, 0.2) is 0 Å². The fourth-order valence-corrected chi connectivity index (χ4v) is 3.46. The zero-order valence-corrected chi connectivity index (χ0v) is 17.9. The maximum atomic E-state index is 14.4. The predicted octanol–water partition coefficient (Wildman–Crippen LogP) is 4.95. The molecule has 0 aliphatic heterocycles. The first kappa shape index (κ1) is 21.4. The lowest BCUT2D eigenvalue weighted by atomic mass is 10.2. The number of aromatic nitrogens is 1. The molecule has 0 saturated heterocycles. The van der Waals surface area contributed by atoms with Gasteiger partial charge in [0.1, 0.15) is 17.3 Å². The number of amides is 2. The zero-order valence-electron chi connectivity index (χ0n) is 17.9. The van der Waals surface area contributed by atoms with Gasteiger partial charge in [-0.2, -0.15) is 0 Å². The number of fused-ring (bicyclic) bond motifs is 1. The van der Waals surface area contributed by atoms with Crippen LogP contribution >= 0.6 is 0 Å². The van der Waals surface area contributed by atoms with E-state index in [-0.39, 0.29) is 36.6 Å². The van der Waals surface area contributed by atoms with E-state index in [0.717, 1.165) is 10.9 Å². The number of benzene rings is 2. The molecule has 4 aromatic rings. The summed E-state index contributed by atoms with van der Waals surface area (Å²) in [4.78, 5) is 25.1. The predicted molar refractivity (Wildman–Crippen MR) is 121 cm³/mol. The summed E-state index contributed by atoms with van der Waals surface area (Å²) in [5, 5.41) is 6.49. The van der Waals surface area contributed by atoms with Crippen molar-refractivity contribution in [3.05, 3.63) is 89.8 Å². The van der Waals surface area contributed by atoms with Crippen molar-refractivity contribution in [3.8, 4) is 0 Å². The molecular formula is C25H24FN3O3. The lowest BCUT2D eigenvalue weighted by molar-refractivity contribution is -0.118. The molecule has 2 aromatic heterocycles. The number of nitrogens with one attached hydrogen (secondary N) is 2. The lowest BCUT2D eigenvalue weighted by Crippen LogP contribution is -2.25. The van der Waals surface area contributed by atoms with Crippen LogP contribution in [0.2, 0.25) is 0 Å².